The van der Waals surface area contributed by atoms with Crippen LogP contribution in [0.15, 0.2) is 45.7 Å². The molecule has 1 aromatic heterocycles. The Labute approximate surface area is 143 Å². The van der Waals surface area contributed by atoms with Crippen molar-refractivity contribution in [1.82, 2.24) is 9.71 Å². The molecule has 1 aromatic carbocycles. The molecule has 1 atom stereocenters. The van der Waals surface area contributed by atoms with E-state index in [0.717, 1.165) is 0 Å². The molecule has 9 heteroatoms. The van der Waals surface area contributed by atoms with Crippen LogP contribution in [0.4, 0.5) is 5.13 Å². The summed E-state index contributed by atoms with van der Waals surface area (Å²) in [4.78, 5) is 21.1. The van der Waals surface area contributed by atoms with E-state index in [9.17, 15) is 13.2 Å². The number of rotatable bonds is 4. The molecule has 2 N–H and O–H groups in total. The number of amides is 1. The molecule has 0 radical (unpaired) electrons. The van der Waals surface area contributed by atoms with Crippen molar-refractivity contribution in [3.8, 4) is 0 Å². The summed E-state index contributed by atoms with van der Waals surface area (Å²) in [5.41, 5.74) is 0.477. The van der Waals surface area contributed by atoms with Crippen LogP contribution in [0.3, 0.4) is 0 Å². The third-order valence-electron chi connectivity index (χ3n) is 3.49. The van der Waals surface area contributed by atoms with Gasteiger partial charge in [-0.15, -0.1) is 11.3 Å². The summed E-state index contributed by atoms with van der Waals surface area (Å²) < 4.78 is 26.7. The average Bonchev–Trinajstić information content (AvgIpc) is 3.11. The number of aromatic nitrogens is 1. The van der Waals surface area contributed by atoms with Crippen molar-refractivity contribution in [2.75, 3.05) is 5.32 Å². The second-order valence-electron chi connectivity index (χ2n) is 5.59. The number of hydrogen-bond donors (Lipinski definition) is 2. The standard InChI is InChI=1S/C15H16N4O3S2/c1-9(2)12(14(20)18-15-16-7-8-23-15)17-13-10-5-3-4-6-11(10)24(21,22)19-13/h3-9,12H,1-2H3,(H,17,19)(H,16,18,20). The smallest absolute Gasteiger partial charge is 0.263 e. The molecule has 0 saturated carbocycles. The molecule has 0 bridgehead atoms. The fourth-order valence-corrected chi connectivity index (χ4v) is 4.11. The molecule has 0 aliphatic carbocycles. The Bertz CT molecular complexity index is 889. The largest absolute Gasteiger partial charge is 0.300 e. The number of carbonyl (C=O) groups is 1. The molecule has 126 valence electrons. The lowest BCUT2D eigenvalue weighted by molar-refractivity contribution is -0.118. The number of fused-ring (bicyclic) bond motifs is 1. The van der Waals surface area contributed by atoms with Gasteiger partial charge in [-0.25, -0.2) is 13.4 Å². The molecule has 2 heterocycles. The summed E-state index contributed by atoms with van der Waals surface area (Å²) in [5.74, 6) is -0.246. The van der Waals surface area contributed by atoms with Gasteiger partial charge in [-0.2, -0.15) is 0 Å². The van der Waals surface area contributed by atoms with Crippen LogP contribution in [-0.4, -0.2) is 31.2 Å². The van der Waals surface area contributed by atoms with Gasteiger partial charge < -0.3 is 5.32 Å². The Morgan fingerprint density at radius 2 is 2.08 bits per heavy atom. The minimum Gasteiger partial charge on any atom is -0.300 e. The molecule has 7 nitrogen and oxygen atoms in total. The topological polar surface area (TPSA) is 101 Å². The molecule has 1 unspecified atom stereocenters. The second-order valence-corrected chi connectivity index (χ2v) is 8.14. The van der Waals surface area contributed by atoms with Crippen molar-refractivity contribution in [3.63, 3.8) is 0 Å². The molecule has 2 aromatic rings. The van der Waals surface area contributed by atoms with Gasteiger partial charge in [-0.3, -0.25) is 14.5 Å². The molecule has 0 spiro atoms. The third kappa shape index (κ3) is 3.17. The van der Waals surface area contributed by atoms with E-state index in [0.29, 0.717) is 10.7 Å². The number of benzene rings is 1. The van der Waals surface area contributed by atoms with Crippen molar-refractivity contribution < 1.29 is 13.2 Å². The minimum atomic E-state index is -3.62. The van der Waals surface area contributed by atoms with E-state index < -0.39 is 16.1 Å². The maximum Gasteiger partial charge on any atom is 0.263 e. The Morgan fingerprint density at radius 3 is 2.75 bits per heavy atom. The number of aliphatic imine (C=N–C) groups is 1. The number of hydrogen-bond acceptors (Lipinski definition) is 6. The fraction of sp³-hybridized carbons (Fsp3) is 0.267. The SMILES string of the molecule is CC(C)C(N=C1NS(=O)(=O)c2ccccc21)C(=O)Nc1nccs1. The maximum atomic E-state index is 12.5. The lowest BCUT2D eigenvalue weighted by atomic mass is 10.0. The first-order valence-corrected chi connectivity index (χ1v) is 9.65. The van der Waals surface area contributed by atoms with Gasteiger partial charge in [0.05, 0.1) is 4.90 Å². The molecular weight excluding hydrogens is 348 g/mol. The Balaban J connectivity index is 1.94. The number of nitrogens with one attached hydrogen (secondary N) is 2. The van der Waals surface area contributed by atoms with E-state index >= 15 is 0 Å². The van der Waals surface area contributed by atoms with Crippen LogP contribution in [0.5, 0.6) is 0 Å². The van der Waals surface area contributed by atoms with E-state index in [4.69, 9.17) is 0 Å². The third-order valence-corrected chi connectivity index (χ3v) is 5.58. The van der Waals surface area contributed by atoms with E-state index in [-0.39, 0.29) is 22.6 Å². The molecule has 0 fully saturated rings. The van der Waals surface area contributed by atoms with Gasteiger partial charge in [0.1, 0.15) is 11.9 Å². The number of anilines is 1. The highest BCUT2D eigenvalue weighted by atomic mass is 32.2. The molecule has 24 heavy (non-hydrogen) atoms. The van der Waals surface area contributed by atoms with Crippen molar-refractivity contribution in [2.45, 2.75) is 24.8 Å². The van der Waals surface area contributed by atoms with Crippen LogP contribution in [0, 0.1) is 5.92 Å². The first-order chi connectivity index (χ1) is 11.4. The Hall–Kier alpha value is -2.26. The second kappa shape index (κ2) is 6.33. The van der Waals surface area contributed by atoms with Gasteiger partial charge in [0.2, 0.25) is 0 Å². The first kappa shape index (κ1) is 16.6. The Kier molecular flexibility index (Phi) is 4.37. The minimum absolute atomic E-state index is 0.116. The first-order valence-electron chi connectivity index (χ1n) is 7.29. The van der Waals surface area contributed by atoms with Crippen LogP contribution < -0.4 is 10.0 Å². The molecule has 0 saturated heterocycles. The van der Waals surface area contributed by atoms with Crippen molar-refractivity contribution in [3.05, 3.63) is 41.4 Å². The zero-order valence-corrected chi connectivity index (χ0v) is 14.7. The van der Waals surface area contributed by atoms with Gasteiger partial charge in [0.25, 0.3) is 15.9 Å². The molecule has 3 rings (SSSR count). The zero-order chi connectivity index (χ0) is 17.3. The molecular formula is C15H16N4O3S2. The number of carbonyl (C=O) groups excluding carboxylic acids is 1. The van der Waals surface area contributed by atoms with Crippen molar-refractivity contribution >= 4 is 38.2 Å². The van der Waals surface area contributed by atoms with Crippen molar-refractivity contribution in [1.29, 1.82) is 0 Å². The van der Waals surface area contributed by atoms with E-state index in [1.807, 2.05) is 13.8 Å². The highest BCUT2D eigenvalue weighted by Gasteiger charge is 2.32. The summed E-state index contributed by atoms with van der Waals surface area (Å²) in [5, 5.41) is 4.95. The van der Waals surface area contributed by atoms with Gasteiger partial charge in [0.15, 0.2) is 5.13 Å². The maximum absolute atomic E-state index is 12.5. The van der Waals surface area contributed by atoms with Gasteiger partial charge in [0, 0.05) is 17.1 Å². The summed E-state index contributed by atoms with van der Waals surface area (Å²) in [7, 11) is -3.62. The predicted molar refractivity (Wildman–Crippen MR) is 92.7 cm³/mol. The van der Waals surface area contributed by atoms with Gasteiger partial charge in [-0.1, -0.05) is 26.0 Å². The van der Waals surface area contributed by atoms with Gasteiger partial charge >= 0.3 is 0 Å². The molecule has 1 aliphatic heterocycles. The van der Waals surface area contributed by atoms with Crippen molar-refractivity contribution in [2.24, 2.45) is 10.9 Å². The number of sulfonamides is 1. The van der Waals surface area contributed by atoms with E-state index in [1.165, 1.54) is 17.4 Å². The lowest BCUT2D eigenvalue weighted by Gasteiger charge is -2.16. The summed E-state index contributed by atoms with van der Waals surface area (Å²) in [6.07, 6.45) is 1.60. The monoisotopic (exact) mass is 364 g/mol. The fourth-order valence-electron chi connectivity index (χ4n) is 2.34. The van der Waals surface area contributed by atoms with Crippen LogP contribution in [0.1, 0.15) is 19.4 Å². The molecule has 1 aliphatic rings. The predicted octanol–water partition coefficient (Wildman–Crippen LogP) is 1.84. The number of thiazole rings is 1. The Morgan fingerprint density at radius 1 is 1.33 bits per heavy atom. The average molecular weight is 364 g/mol. The zero-order valence-electron chi connectivity index (χ0n) is 13.1. The highest BCUT2D eigenvalue weighted by Crippen LogP contribution is 2.24. The quantitative estimate of drug-likeness (QED) is 0.864. The van der Waals surface area contributed by atoms with Crippen LogP contribution in [0.2, 0.25) is 0 Å². The van der Waals surface area contributed by atoms with Gasteiger partial charge in [-0.05, 0) is 18.1 Å². The number of nitrogens with zero attached hydrogens (tertiary/aromatic N) is 2. The number of amidine groups is 1. The van der Waals surface area contributed by atoms with E-state index in [1.54, 1.807) is 29.8 Å². The highest BCUT2D eigenvalue weighted by molar-refractivity contribution is 7.90. The normalized spacial score (nSPS) is 18.2. The molecule has 1 amide bonds. The van der Waals surface area contributed by atoms with Crippen LogP contribution in [0.25, 0.3) is 0 Å². The van der Waals surface area contributed by atoms with Crippen LogP contribution in [-0.2, 0) is 14.8 Å². The summed E-state index contributed by atoms with van der Waals surface area (Å²) in [6.45, 7) is 3.71. The summed E-state index contributed by atoms with van der Waals surface area (Å²) >= 11 is 1.31. The van der Waals surface area contributed by atoms with Crippen LogP contribution >= 0.6 is 11.3 Å². The summed E-state index contributed by atoms with van der Waals surface area (Å²) in [6, 6.07) is 5.83. The van der Waals surface area contributed by atoms with E-state index in [2.05, 4.69) is 20.0 Å². The lowest BCUT2D eigenvalue weighted by Crippen LogP contribution is -2.34.